The zero-order chi connectivity index (χ0) is 15.0. The highest BCUT2D eigenvalue weighted by Crippen LogP contribution is 2.41. The largest absolute Gasteiger partial charge is 0.475 e. The third-order valence-corrected chi connectivity index (χ3v) is 4.13. The Morgan fingerprint density at radius 3 is 3.10 bits per heavy atom. The van der Waals surface area contributed by atoms with E-state index in [1.807, 2.05) is 6.92 Å². The molecule has 0 bridgehead atoms. The van der Waals surface area contributed by atoms with Gasteiger partial charge in [0.25, 0.3) is 5.88 Å². The maximum Gasteiger partial charge on any atom is 0.265 e. The molecule has 0 radical (unpaired) electrons. The number of ketones is 2. The number of hydrogen-bond donors (Lipinski definition) is 1. The van der Waals surface area contributed by atoms with Crippen LogP contribution in [-0.2, 0) is 11.2 Å². The number of hydrogen-bond acceptors (Lipinski definition) is 6. The molecule has 0 saturated heterocycles. The Bertz CT molecular complexity index is 618. The molecule has 1 aromatic heterocycles. The van der Waals surface area contributed by atoms with Gasteiger partial charge in [-0.3, -0.25) is 9.59 Å². The second kappa shape index (κ2) is 5.11. The monoisotopic (exact) mass is 291 g/mol. The van der Waals surface area contributed by atoms with E-state index in [1.54, 1.807) is 6.08 Å². The van der Waals surface area contributed by atoms with Gasteiger partial charge < -0.3 is 14.4 Å². The third kappa shape index (κ3) is 2.01. The molecule has 6 nitrogen and oxygen atoms in total. The highest BCUT2D eigenvalue weighted by molar-refractivity contribution is 6.22. The summed E-state index contributed by atoms with van der Waals surface area (Å²) >= 11 is 0. The zero-order valence-electron chi connectivity index (χ0n) is 11.8. The number of ether oxygens (including phenoxy) is 1. The first kappa shape index (κ1) is 14.0. The second-order valence-electron chi connectivity index (χ2n) is 5.49. The van der Waals surface area contributed by atoms with E-state index in [1.165, 1.54) is 6.08 Å². The lowest BCUT2D eigenvalue weighted by Gasteiger charge is -2.36. The smallest absolute Gasteiger partial charge is 0.265 e. The molecule has 1 heterocycles. The van der Waals surface area contributed by atoms with Crippen LogP contribution in [0.5, 0.6) is 5.88 Å². The summed E-state index contributed by atoms with van der Waals surface area (Å²) in [5, 5.41) is 14.4. The van der Waals surface area contributed by atoms with E-state index in [0.717, 1.165) is 12.8 Å². The molecule has 1 aromatic rings. The summed E-state index contributed by atoms with van der Waals surface area (Å²) in [6.45, 7) is 2.44. The second-order valence-corrected chi connectivity index (χ2v) is 5.49. The molecule has 6 heteroatoms. The van der Waals surface area contributed by atoms with Gasteiger partial charge in [-0.15, -0.1) is 0 Å². The average molecular weight is 291 g/mol. The molecule has 2 aliphatic rings. The van der Waals surface area contributed by atoms with Crippen molar-refractivity contribution in [1.82, 2.24) is 5.16 Å². The highest BCUT2D eigenvalue weighted by atomic mass is 16.5. The third-order valence-electron chi connectivity index (χ3n) is 4.13. The van der Waals surface area contributed by atoms with Crippen LogP contribution in [0.3, 0.4) is 0 Å². The molecule has 2 atom stereocenters. The summed E-state index contributed by atoms with van der Waals surface area (Å²) < 4.78 is 10.6. The van der Waals surface area contributed by atoms with Crippen molar-refractivity contribution in [3.63, 3.8) is 0 Å². The van der Waals surface area contributed by atoms with Gasteiger partial charge in [-0.1, -0.05) is 19.4 Å². The number of nitrogens with zero attached hydrogens (tertiary/aromatic N) is 1. The van der Waals surface area contributed by atoms with Gasteiger partial charge in [0.1, 0.15) is 5.56 Å². The number of aliphatic hydroxyl groups is 1. The van der Waals surface area contributed by atoms with Crippen molar-refractivity contribution in [2.75, 3.05) is 6.61 Å². The van der Waals surface area contributed by atoms with Crippen LogP contribution in [0.25, 0.3) is 0 Å². The first-order valence-electron chi connectivity index (χ1n) is 7.18. The van der Waals surface area contributed by atoms with E-state index in [2.05, 4.69) is 5.16 Å². The van der Waals surface area contributed by atoms with Crippen LogP contribution in [0.1, 0.15) is 42.3 Å². The molecular weight excluding hydrogens is 274 g/mol. The SMILES string of the molecule is CCCCOc1noc2c1C(=O)[C@@]1(O)C(=O)C=CC[C@H]1C2. The van der Waals surface area contributed by atoms with Crippen LogP contribution < -0.4 is 4.74 Å². The van der Waals surface area contributed by atoms with Crippen LogP contribution in [0.2, 0.25) is 0 Å². The molecule has 112 valence electrons. The van der Waals surface area contributed by atoms with Gasteiger partial charge in [0.05, 0.1) is 6.61 Å². The minimum Gasteiger partial charge on any atom is -0.475 e. The lowest BCUT2D eigenvalue weighted by molar-refractivity contribution is -0.133. The summed E-state index contributed by atoms with van der Waals surface area (Å²) in [6, 6.07) is 0. The summed E-state index contributed by atoms with van der Waals surface area (Å²) in [7, 11) is 0. The standard InChI is InChI=1S/C15H17NO5/c1-2-3-7-20-14-12-10(21-16-14)8-9-5-4-6-11(17)15(9,19)13(12)18/h4,6,9,19H,2-3,5,7-8H2,1H3/t9-,15-/m0/s1. The molecule has 0 fully saturated rings. The van der Waals surface area contributed by atoms with E-state index in [4.69, 9.17) is 9.26 Å². The fraction of sp³-hybridized carbons (Fsp3) is 0.533. The topological polar surface area (TPSA) is 89.6 Å². The van der Waals surface area contributed by atoms with E-state index in [0.29, 0.717) is 25.2 Å². The van der Waals surface area contributed by atoms with Crippen LogP contribution in [-0.4, -0.2) is 34.0 Å². The van der Waals surface area contributed by atoms with Crippen molar-refractivity contribution in [3.05, 3.63) is 23.5 Å². The number of unbranched alkanes of at least 4 members (excludes halogenated alkanes) is 1. The van der Waals surface area contributed by atoms with Gasteiger partial charge in [0.2, 0.25) is 5.78 Å². The minimum atomic E-state index is -2.00. The Kier molecular flexibility index (Phi) is 3.41. The van der Waals surface area contributed by atoms with Crippen molar-refractivity contribution in [3.8, 4) is 5.88 Å². The lowest BCUT2D eigenvalue weighted by Crippen LogP contribution is -2.56. The first-order chi connectivity index (χ1) is 10.1. The zero-order valence-corrected chi connectivity index (χ0v) is 11.8. The molecule has 0 spiro atoms. The number of carbonyl (C=O) groups excluding carboxylic acids is 2. The van der Waals surface area contributed by atoms with Gasteiger partial charge in [0, 0.05) is 12.3 Å². The number of fused-ring (bicyclic) bond motifs is 2. The summed E-state index contributed by atoms with van der Waals surface area (Å²) in [4.78, 5) is 24.6. The molecule has 0 aromatic carbocycles. The van der Waals surface area contributed by atoms with E-state index < -0.39 is 23.1 Å². The fourth-order valence-electron chi connectivity index (χ4n) is 2.86. The van der Waals surface area contributed by atoms with Crippen molar-refractivity contribution >= 4 is 11.6 Å². The summed E-state index contributed by atoms with van der Waals surface area (Å²) in [6.07, 6.45) is 5.48. The van der Waals surface area contributed by atoms with Gasteiger partial charge in [-0.05, 0) is 24.1 Å². The average Bonchev–Trinajstić information content (AvgIpc) is 2.86. The van der Waals surface area contributed by atoms with Crippen molar-refractivity contribution in [1.29, 1.82) is 0 Å². The number of carbonyl (C=O) groups is 2. The molecule has 3 rings (SSSR count). The fourth-order valence-corrected chi connectivity index (χ4v) is 2.86. The van der Waals surface area contributed by atoms with E-state index >= 15 is 0 Å². The van der Waals surface area contributed by atoms with Crippen LogP contribution in [0, 0.1) is 5.92 Å². The number of rotatable bonds is 4. The van der Waals surface area contributed by atoms with E-state index in [9.17, 15) is 14.7 Å². The summed E-state index contributed by atoms with van der Waals surface area (Å²) in [5.74, 6) is -1.25. The number of Topliss-reactive ketones (excluding diaryl/α,β-unsaturated/α-hetero) is 1. The Morgan fingerprint density at radius 1 is 1.52 bits per heavy atom. The maximum atomic E-state index is 12.6. The number of allylic oxidation sites excluding steroid dienone is 1. The summed E-state index contributed by atoms with van der Waals surface area (Å²) in [5.41, 5.74) is -1.88. The minimum absolute atomic E-state index is 0.0812. The van der Waals surface area contributed by atoms with Crippen LogP contribution in [0.15, 0.2) is 16.7 Å². The molecule has 0 amide bonds. The Balaban J connectivity index is 1.96. The molecule has 2 aliphatic carbocycles. The molecule has 1 N–H and O–H groups in total. The van der Waals surface area contributed by atoms with Gasteiger partial charge in [-0.2, -0.15) is 0 Å². The molecular formula is C15H17NO5. The quantitative estimate of drug-likeness (QED) is 0.667. The Morgan fingerprint density at radius 2 is 2.33 bits per heavy atom. The number of aromatic nitrogens is 1. The predicted molar refractivity (Wildman–Crippen MR) is 72.1 cm³/mol. The molecule has 21 heavy (non-hydrogen) atoms. The first-order valence-corrected chi connectivity index (χ1v) is 7.18. The van der Waals surface area contributed by atoms with Gasteiger partial charge in [0.15, 0.2) is 17.1 Å². The Hall–Kier alpha value is -1.95. The normalized spacial score (nSPS) is 27.4. The highest BCUT2D eigenvalue weighted by Gasteiger charge is 2.56. The molecule has 0 saturated carbocycles. The van der Waals surface area contributed by atoms with Crippen molar-refractivity contribution < 1.29 is 24.0 Å². The van der Waals surface area contributed by atoms with Crippen LogP contribution >= 0.6 is 0 Å². The predicted octanol–water partition coefficient (Wildman–Crippen LogP) is 1.47. The van der Waals surface area contributed by atoms with Gasteiger partial charge >= 0.3 is 0 Å². The van der Waals surface area contributed by atoms with Crippen molar-refractivity contribution in [2.24, 2.45) is 5.92 Å². The maximum absolute atomic E-state index is 12.6. The lowest BCUT2D eigenvalue weighted by atomic mass is 9.68. The van der Waals surface area contributed by atoms with Crippen LogP contribution in [0.4, 0.5) is 0 Å². The van der Waals surface area contributed by atoms with E-state index in [-0.39, 0.29) is 11.4 Å². The van der Waals surface area contributed by atoms with Gasteiger partial charge in [-0.25, -0.2) is 0 Å². The molecule has 0 aliphatic heterocycles. The Labute approximate surface area is 121 Å². The van der Waals surface area contributed by atoms with Crippen molar-refractivity contribution in [2.45, 2.75) is 38.2 Å². The molecule has 0 unspecified atom stereocenters.